The number of carbonyl (C=O) groups is 1. The number of aliphatic carboxylic acids is 1. The highest BCUT2D eigenvalue weighted by Gasteiger charge is 2.23. The Labute approximate surface area is 124 Å². The van der Waals surface area contributed by atoms with E-state index in [1.807, 2.05) is 0 Å². The van der Waals surface area contributed by atoms with Crippen molar-refractivity contribution < 1.29 is 9.90 Å². The molecule has 1 aromatic carbocycles. The third-order valence-corrected chi connectivity index (χ3v) is 4.30. The molecule has 110 valence electrons. The Morgan fingerprint density at radius 1 is 1.30 bits per heavy atom. The van der Waals surface area contributed by atoms with E-state index in [0.717, 1.165) is 26.2 Å². The van der Waals surface area contributed by atoms with Crippen LogP contribution in [0.3, 0.4) is 0 Å². The predicted octanol–water partition coefficient (Wildman–Crippen LogP) is 2.12. The zero-order valence-electron chi connectivity index (χ0n) is 12.0. The normalized spacial score (nSPS) is 18.1. The van der Waals surface area contributed by atoms with Crippen LogP contribution in [0, 0.1) is 13.8 Å². The lowest BCUT2D eigenvalue weighted by molar-refractivity contribution is -0.137. The smallest absolute Gasteiger partial charge is 0.322 e. The van der Waals surface area contributed by atoms with Crippen LogP contribution < -0.4 is 4.90 Å². The zero-order valence-corrected chi connectivity index (χ0v) is 12.7. The Bertz CT molecular complexity index is 485. The number of carboxylic acids is 1. The van der Waals surface area contributed by atoms with E-state index in [1.54, 1.807) is 0 Å². The standard InChI is InChI=1S/C15H21ClN2O2/c1-11-4-3-5-14(12(11)2)18-8-6-17(7-9-18)10-13(16)15(19)20/h3-5,13H,6-10H2,1-2H3,(H,19,20). The van der Waals surface area contributed by atoms with E-state index in [1.165, 1.54) is 16.8 Å². The molecular formula is C15H21ClN2O2. The van der Waals surface area contributed by atoms with Crippen LogP contribution in [-0.4, -0.2) is 54.1 Å². The van der Waals surface area contributed by atoms with Gasteiger partial charge in [-0.1, -0.05) is 12.1 Å². The minimum atomic E-state index is -0.941. The summed E-state index contributed by atoms with van der Waals surface area (Å²) < 4.78 is 0. The lowest BCUT2D eigenvalue weighted by Gasteiger charge is -2.37. The Morgan fingerprint density at radius 2 is 1.95 bits per heavy atom. The van der Waals surface area contributed by atoms with Gasteiger partial charge in [0, 0.05) is 38.4 Å². The quantitative estimate of drug-likeness (QED) is 0.865. The summed E-state index contributed by atoms with van der Waals surface area (Å²) in [5.41, 5.74) is 3.91. The van der Waals surface area contributed by atoms with E-state index in [0.29, 0.717) is 6.54 Å². The fourth-order valence-corrected chi connectivity index (χ4v) is 2.75. The molecule has 1 aliphatic heterocycles. The number of benzene rings is 1. The summed E-state index contributed by atoms with van der Waals surface area (Å²) in [6.45, 7) is 8.21. The van der Waals surface area contributed by atoms with Crippen LogP contribution in [0.15, 0.2) is 18.2 Å². The van der Waals surface area contributed by atoms with Crippen LogP contribution in [0.2, 0.25) is 0 Å². The lowest BCUT2D eigenvalue weighted by atomic mass is 10.1. The number of carboxylic acid groups (broad SMARTS) is 1. The van der Waals surface area contributed by atoms with Crippen LogP contribution in [0.4, 0.5) is 5.69 Å². The first-order chi connectivity index (χ1) is 9.49. The molecule has 2 rings (SSSR count). The maximum absolute atomic E-state index is 10.8. The van der Waals surface area contributed by atoms with Crippen LogP contribution in [0.1, 0.15) is 11.1 Å². The minimum absolute atomic E-state index is 0.414. The molecule has 20 heavy (non-hydrogen) atoms. The van der Waals surface area contributed by atoms with Gasteiger partial charge in [0.15, 0.2) is 0 Å². The molecule has 0 saturated carbocycles. The molecule has 1 unspecified atom stereocenters. The minimum Gasteiger partial charge on any atom is -0.480 e. The highest BCUT2D eigenvalue weighted by atomic mass is 35.5. The van der Waals surface area contributed by atoms with Crippen molar-refractivity contribution in [2.24, 2.45) is 0 Å². The number of piperazine rings is 1. The van der Waals surface area contributed by atoms with E-state index < -0.39 is 11.3 Å². The molecule has 1 atom stereocenters. The van der Waals surface area contributed by atoms with Gasteiger partial charge in [-0.25, -0.2) is 0 Å². The first-order valence-electron chi connectivity index (χ1n) is 6.89. The summed E-state index contributed by atoms with van der Waals surface area (Å²) in [7, 11) is 0. The molecule has 1 N–H and O–H groups in total. The predicted molar refractivity (Wildman–Crippen MR) is 81.8 cm³/mol. The van der Waals surface area contributed by atoms with Gasteiger partial charge in [0.25, 0.3) is 0 Å². The van der Waals surface area contributed by atoms with Crippen molar-refractivity contribution in [3.05, 3.63) is 29.3 Å². The monoisotopic (exact) mass is 296 g/mol. The first kappa shape index (κ1) is 15.1. The van der Waals surface area contributed by atoms with Gasteiger partial charge in [-0.2, -0.15) is 0 Å². The maximum Gasteiger partial charge on any atom is 0.322 e. The molecule has 1 saturated heterocycles. The van der Waals surface area contributed by atoms with Crippen molar-refractivity contribution in [1.82, 2.24) is 4.90 Å². The lowest BCUT2D eigenvalue weighted by Crippen LogP contribution is -2.49. The number of alkyl halides is 1. The SMILES string of the molecule is Cc1cccc(N2CCN(CC(Cl)C(=O)O)CC2)c1C. The Morgan fingerprint density at radius 3 is 2.55 bits per heavy atom. The number of rotatable bonds is 4. The zero-order chi connectivity index (χ0) is 14.7. The second kappa shape index (κ2) is 6.46. The number of hydrogen-bond acceptors (Lipinski definition) is 3. The molecule has 0 amide bonds. The topological polar surface area (TPSA) is 43.8 Å². The van der Waals surface area contributed by atoms with Crippen molar-refractivity contribution in [2.75, 3.05) is 37.6 Å². The van der Waals surface area contributed by atoms with Gasteiger partial charge < -0.3 is 10.0 Å². The van der Waals surface area contributed by atoms with E-state index in [4.69, 9.17) is 16.7 Å². The molecule has 0 spiro atoms. The molecular weight excluding hydrogens is 276 g/mol. The largest absolute Gasteiger partial charge is 0.480 e. The van der Waals surface area contributed by atoms with Gasteiger partial charge >= 0.3 is 5.97 Å². The summed E-state index contributed by atoms with van der Waals surface area (Å²) in [5.74, 6) is -0.941. The molecule has 0 aromatic heterocycles. The average Bonchev–Trinajstić information content (AvgIpc) is 2.43. The molecule has 1 aliphatic rings. The second-order valence-electron chi connectivity index (χ2n) is 5.31. The fraction of sp³-hybridized carbons (Fsp3) is 0.533. The first-order valence-corrected chi connectivity index (χ1v) is 7.33. The Hall–Kier alpha value is -1.26. The van der Waals surface area contributed by atoms with Crippen LogP contribution in [-0.2, 0) is 4.79 Å². The van der Waals surface area contributed by atoms with Crippen LogP contribution in [0.25, 0.3) is 0 Å². The highest BCUT2D eigenvalue weighted by molar-refractivity contribution is 6.29. The molecule has 5 heteroatoms. The molecule has 1 heterocycles. The van der Waals surface area contributed by atoms with Gasteiger partial charge in [-0.05, 0) is 31.0 Å². The summed E-state index contributed by atoms with van der Waals surface area (Å²) in [5, 5.41) is 8.02. The van der Waals surface area contributed by atoms with Gasteiger partial charge in [-0.15, -0.1) is 11.6 Å². The Kier molecular flexibility index (Phi) is 4.89. The van der Waals surface area contributed by atoms with Gasteiger partial charge in [0.2, 0.25) is 0 Å². The van der Waals surface area contributed by atoms with Crippen LogP contribution >= 0.6 is 11.6 Å². The van der Waals surface area contributed by atoms with E-state index >= 15 is 0 Å². The van der Waals surface area contributed by atoms with Crippen molar-refractivity contribution >= 4 is 23.3 Å². The number of anilines is 1. The van der Waals surface area contributed by atoms with Crippen molar-refractivity contribution in [1.29, 1.82) is 0 Å². The molecule has 1 fully saturated rings. The van der Waals surface area contributed by atoms with Crippen LogP contribution in [0.5, 0.6) is 0 Å². The summed E-state index contributed by atoms with van der Waals surface area (Å²) >= 11 is 5.79. The maximum atomic E-state index is 10.8. The third kappa shape index (κ3) is 3.44. The highest BCUT2D eigenvalue weighted by Crippen LogP contribution is 2.23. The van der Waals surface area contributed by atoms with Crippen molar-refractivity contribution in [3.8, 4) is 0 Å². The Balaban J connectivity index is 1.94. The second-order valence-corrected chi connectivity index (χ2v) is 5.84. The molecule has 0 bridgehead atoms. The number of halogens is 1. The molecule has 0 radical (unpaired) electrons. The van der Waals surface area contributed by atoms with E-state index in [2.05, 4.69) is 41.8 Å². The molecule has 4 nitrogen and oxygen atoms in total. The van der Waals surface area contributed by atoms with Gasteiger partial charge in [0.1, 0.15) is 5.38 Å². The number of aryl methyl sites for hydroxylation is 1. The van der Waals surface area contributed by atoms with E-state index in [-0.39, 0.29) is 0 Å². The van der Waals surface area contributed by atoms with Crippen molar-refractivity contribution in [2.45, 2.75) is 19.2 Å². The van der Waals surface area contributed by atoms with E-state index in [9.17, 15) is 4.79 Å². The van der Waals surface area contributed by atoms with Gasteiger partial charge in [0.05, 0.1) is 0 Å². The number of hydrogen-bond donors (Lipinski definition) is 1. The average molecular weight is 297 g/mol. The number of nitrogens with zero attached hydrogens (tertiary/aromatic N) is 2. The molecule has 0 aliphatic carbocycles. The van der Waals surface area contributed by atoms with Gasteiger partial charge in [-0.3, -0.25) is 9.69 Å². The van der Waals surface area contributed by atoms with Crippen molar-refractivity contribution in [3.63, 3.8) is 0 Å². The summed E-state index contributed by atoms with van der Waals surface area (Å²) in [6, 6.07) is 6.36. The summed E-state index contributed by atoms with van der Waals surface area (Å²) in [6.07, 6.45) is 0. The third-order valence-electron chi connectivity index (χ3n) is 3.98. The summed E-state index contributed by atoms with van der Waals surface area (Å²) in [4.78, 5) is 15.3. The molecule has 1 aromatic rings. The fourth-order valence-electron chi connectivity index (χ4n) is 2.55.